The summed E-state index contributed by atoms with van der Waals surface area (Å²) in [5.41, 5.74) is 2.40. The van der Waals surface area contributed by atoms with Crippen LogP contribution in [-0.2, 0) is 23.2 Å². The fourth-order valence-electron chi connectivity index (χ4n) is 3.69. The molecule has 3 rings (SSSR count). The zero-order valence-corrected chi connectivity index (χ0v) is 19.2. The fourth-order valence-corrected chi connectivity index (χ4v) is 3.69. The van der Waals surface area contributed by atoms with Crippen molar-refractivity contribution in [3.8, 4) is 6.07 Å². The molecule has 0 aliphatic carbocycles. The van der Waals surface area contributed by atoms with Crippen LogP contribution in [0, 0.1) is 17.2 Å². The van der Waals surface area contributed by atoms with Gasteiger partial charge in [0.1, 0.15) is 17.8 Å². The molecule has 0 aliphatic heterocycles. The number of aromatic nitrogens is 1. The molecular formula is C26H30N4O3. The minimum Gasteiger partial charge on any atom is -0.374 e. The van der Waals surface area contributed by atoms with Crippen LogP contribution in [0.15, 0.2) is 60.7 Å². The summed E-state index contributed by atoms with van der Waals surface area (Å²) in [7, 11) is 1.82. The monoisotopic (exact) mass is 446 g/mol. The van der Waals surface area contributed by atoms with Crippen molar-refractivity contribution in [1.29, 1.82) is 5.26 Å². The average molecular weight is 447 g/mol. The van der Waals surface area contributed by atoms with Crippen molar-refractivity contribution in [3.05, 3.63) is 71.9 Å². The van der Waals surface area contributed by atoms with Gasteiger partial charge in [-0.2, -0.15) is 5.26 Å². The van der Waals surface area contributed by atoms with Gasteiger partial charge < -0.3 is 19.9 Å². The lowest BCUT2D eigenvalue weighted by molar-refractivity contribution is -0.124. The highest BCUT2D eigenvalue weighted by Crippen LogP contribution is 2.18. The molecule has 1 heterocycles. The molecule has 0 saturated carbocycles. The van der Waals surface area contributed by atoms with Crippen LogP contribution in [0.1, 0.15) is 36.3 Å². The number of amides is 2. The van der Waals surface area contributed by atoms with Gasteiger partial charge in [-0.1, -0.05) is 62.4 Å². The molecule has 3 aromatic rings. The van der Waals surface area contributed by atoms with E-state index in [-0.39, 0.29) is 18.4 Å². The Hall–Kier alpha value is -3.63. The number of aryl methyl sites for hydroxylation is 1. The third kappa shape index (κ3) is 6.43. The standard InChI is InChI=1S/C26H30N4O3/c1-18(2)13-22(29-26(32)24-14-20-11-7-8-12-23(20)30(24)3)25(31)28-21(15-27)17-33-16-19-9-5-4-6-10-19/h4-12,14,18,21-22H,13,16-17H2,1-3H3,(H,28,31)(H,29,32)/t21-,22+/m1/s1. The van der Waals surface area contributed by atoms with Gasteiger partial charge >= 0.3 is 0 Å². The summed E-state index contributed by atoms with van der Waals surface area (Å²) in [6, 6.07) is 19.6. The maximum Gasteiger partial charge on any atom is 0.268 e. The van der Waals surface area contributed by atoms with Gasteiger partial charge in [-0.25, -0.2) is 0 Å². The number of rotatable bonds is 10. The Balaban J connectivity index is 1.64. The lowest BCUT2D eigenvalue weighted by atomic mass is 10.0. The second kappa shape index (κ2) is 11.3. The smallest absolute Gasteiger partial charge is 0.268 e. The predicted molar refractivity (Wildman–Crippen MR) is 127 cm³/mol. The number of hydrogen-bond acceptors (Lipinski definition) is 4. The molecule has 7 heteroatoms. The summed E-state index contributed by atoms with van der Waals surface area (Å²) in [6.45, 7) is 4.37. The molecule has 0 unspecified atom stereocenters. The Morgan fingerprint density at radius 3 is 2.42 bits per heavy atom. The average Bonchev–Trinajstić information content (AvgIpc) is 3.15. The van der Waals surface area contributed by atoms with E-state index in [0.29, 0.717) is 18.7 Å². The van der Waals surface area contributed by atoms with E-state index < -0.39 is 18.0 Å². The molecule has 7 nitrogen and oxygen atoms in total. The van der Waals surface area contributed by atoms with Gasteiger partial charge in [0.05, 0.1) is 19.3 Å². The molecule has 0 spiro atoms. The van der Waals surface area contributed by atoms with E-state index in [2.05, 4.69) is 16.7 Å². The van der Waals surface area contributed by atoms with Crippen molar-refractivity contribution in [1.82, 2.24) is 15.2 Å². The molecule has 2 aromatic carbocycles. The van der Waals surface area contributed by atoms with E-state index >= 15 is 0 Å². The second-order valence-electron chi connectivity index (χ2n) is 8.49. The largest absolute Gasteiger partial charge is 0.374 e. The number of carbonyl (C=O) groups excluding carboxylic acids is 2. The van der Waals surface area contributed by atoms with Crippen LogP contribution in [-0.4, -0.2) is 35.1 Å². The lowest BCUT2D eigenvalue weighted by Crippen LogP contribution is -2.51. The van der Waals surface area contributed by atoms with Crippen LogP contribution in [0.2, 0.25) is 0 Å². The molecule has 1 aromatic heterocycles. The van der Waals surface area contributed by atoms with E-state index in [1.54, 1.807) is 0 Å². The van der Waals surface area contributed by atoms with Crippen LogP contribution < -0.4 is 10.6 Å². The molecule has 0 bridgehead atoms. The first-order chi connectivity index (χ1) is 15.9. The number of nitriles is 1. The molecule has 0 radical (unpaired) electrons. The van der Waals surface area contributed by atoms with Crippen molar-refractivity contribution in [3.63, 3.8) is 0 Å². The summed E-state index contributed by atoms with van der Waals surface area (Å²) < 4.78 is 7.42. The summed E-state index contributed by atoms with van der Waals surface area (Å²) in [5, 5.41) is 16.0. The molecule has 0 aliphatic rings. The third-order valence-electron chi connectivity index (χ3n) is 5.38. The van der Waals surface area contributed by atoms with Gasteiger partial charge in [0, 0.05) is 18.0 Å². The zero-order valence-electron chi connectivity index (χ0n) is 19.2. The number of carbonyl (C=O) groups is 2. The van der Waals surface area contributed by atoms with Crippen molar-refractivity contribution in [2.24, 2.45) is 13.0 Å². The number of fused-ring (bicyclic) bond motifs is 1. The van der Waals surface area contributed by atoms with Crippen LogP contribution in [0.3, 0.4) is 0 Å². The minimum absolute atomic E-state index is 0.0582. The second-order valence-corrected chi connectivity index (χ2v) is 8.49. The molecule has 2 N–H and O–H groups in total. The fraction of sp³-hybridized carbons (Fsp3) is 0.346. The van der Waals surface area contributed by atoms with Crippen LogP contribution >= 0.6 is 0 Å². The van der Waals surface area contributed by atoms with Crippen molar-refractivity contribution >= 4 is 22.7 Å². The first-order valence-electron chi connectivity index (χ1n) is 11.1. The van der Waals surface area contributed by atoms with Crippen LogP contribution in [0.5, 0.6) is 0 Å². The highest BCUT2D eigenvalue weighted by molar-refractivity contribution is 6.00. The number of nitrogens with one attached hydrogen (secondary N) is 2. The Morgan fingerprint density at radius 1 is 1.06 bits per heavy atom. The molecule has 0 fully saturated rings. The third-order valence-corrected chi connectivity index (χ3v) is 5.38. The molecular weight excluding hydrogens is 416 g/mol. The molecule has 2 amide bonds. The zero-order chi connectivity index (χ0) is 23.8. The Morgan fingerprint density at radius 2 is 1.76 bits per heavy atom. The minimum atomic E-state index is -0.814. The van der Waals surface area contributed by atoms with Crippen LogP contribution in [0.4, 0.5) is 0 Å². The summed E-state index contributed by atoms with van der Waals surface area (Å²) in [6.07, 6.45) is 0.449. The molecule has 2 atom stereocenters. The number of ether oxygens (including phenoxy) is 1. The summed E-state index contributed by atoms with van der Waals surface area (Å²) in [4.78, 5) is 26.0. The molecule has 0 saturated heterocycles. The molecule has 172 valence electrons. The van der Waals surface area contributed by atoms with Gasteiger partial charge in [-0.05, 0) is 30.0 Å². The maximum atomic E-state index is 13.0. The molecule has 33 heavy (non-hydrogen) atoms. The van der Waals surface area contributed by atoms with Gasteiger partial charge in [0.25, 0.3) is 5.91 Å². The Labute approximate surface area is 194 Å². The van der Waals surface area contributed by atoms with Crippen molar-refractivity contribution < 1.29 is 14.3 Å². The van der Waals surface area contributed by atoms with Gasteiger partial charge in [-0.15, -0.1) is 0 Å². The van der Waals surface area contributed by atoms with E-state index in [1.807, 2.05) is 86.1 Å². The number of benzene rings is 2. The Kier molecular flexibility index (Phi) is 8.22. The summed E-state index contributed by atoms with van der Waals surface area (Å²) >= 11 is 0. The SMILES string of the molecule is CC(C)C[C@H](NC(=O)c1cc2ccccc2n1C)C(=O)N[C@H](C#N)COCc1ccccc1. The topological polar surface area (TPSA) is 96.2 Å². The van der Waals surface area contributed by atoms with Crippen molar-refractivity contribution in [2.45, 2.75) is 39.0 Å². The maximum absolute atomic E-state index is 13.0. The van der Waals surface area contributed by atoms with Gasteiger partial charge in [-0.3, -0.25) is 9.59 Å². The highest BCUT2D eigenvalue weighted by atomic mass is 16.5. The first-order valence-corrected chi connectivity index (χ1v) is 11.1. The lowest BCUT2D eigenvalue weighted by Gasteiger charge is -2.22. The number of para-hydroxylation sites is 1. The quantitative estimate of drug-likeness (QED) is 0.498. The van der Waals surface area contributed by atoms with Gasteiger partial charge in [0.15, 0.2) is 0 Å². The van der Waals surface area contributed by atoms with Crippen molar-refractivity contribution in [2.75, 3.05) is 6.61 Å². The van der Waals surface area contributed by atoms with Gasteiger partial charge in [0.2, 0.25) is 5.91 Å². The number of hydrogen-bond donors (Lipinski definition) is 2. The number of nitrogens with zero attached hydrogens (tertiary/aromatic N) is 2. The summed E-state index contributed by atoms with van der Waals surface area (Å²) in [5.74, 6) is -0.558. The first kappa shape index (κ1) is 24.0. The van der Waals surface area contributed by atoms with E-state index in [9.17, 15) is 14.9 Å². The highest BCUT2D eigenvalue weighted by Gasteiger charge is 2.26. The Bertz CT molecular complexity index is 1130. The van der Waals surface area contributed by atoms with E-state index in [1.165, 1.54) is 0 Å². The van der Waals surface area contributed by atoms with E-state index in [4.69, 9.17) is 4.74 Å². The normalized spacial score (nSPS) is 12.8. The van der Waals surface area contributed by atoms with E-state index in [0.717, 1.165) is 16.5 Å². The van der Waals surface area contributed by atoms with Crippen LogP contribution in [0.25, 0.3) is 10.9 Å². The predicted octanol–water partition coefficient (Wildman–Crippen LogP) is 3.55.